The maximum Gasteiger partial charge on any atom is 0.239 e. The van der Waals surface area contributed by atoms with Crippen LogP contribution in [0, 0.1) is 12.8 Å². The lowest BCUT2D eigenvalue weighted by Crippen LogP contribution is -2.42. The van der Waals surface area contributed by atoms with Crippen molar-refractivity contribution in [1.82, 2.24) is 10.6 Å². The Hall–Kier alpha value is -2.04. The summed E-state index contributed by atoms with van der Waals surface area (Å²) < 4.78 is 5.34. The Morgan fingerprint density at radius 2 is 1.85 bits per heavy atom. The van der Waals surface area contributed by atoms with Gasteiger partial charge in [-0.05, 0) is 61.6 Å². The molecule has 2 N–H and O–H groups in total. The molecule has 1 atom stereocenters. The van der Waals surface area contributed by atoms with Crippen LogP contribution in [0.2, 0.25) is 0 Å². The summed E-state index contributed by atoms with van der Waals surface area (Å²) in [7, 11) is 1.67. The molecule has 148 valence electrons. The van der Waals surface area contributed by atoms with Crippen LogP contribution in [0.15, 0.2) is 18.2 Å². The second-order valence-electron chi connectivity index (χ2n) is 8.06. The highest BCUT2D eigenvalue weighted by Crippen LogP contribution is 2.45. The highest BCUT2D eigenvalue weighted by Gasteiger charge is 2.34. The highest BCUT2D eigenvalue weighted by molar-refractivity contribution is 5.85. The first kappa shape index (κ1) is 19.7. The summed E-state index contributed by atoms with van der Waals surface area (Å²) in [5.41, 5.74) is 2.28. The van der Waals surface area contributed by atoms with Gasteiger partial charge in [-0.25, -0.2) is 0 Å². The van der Waals surface area contributed by atoms with Crippen molar-refractivity contribution >= 4 is 11.8 Å². The van der Waals surface area contributed by atoms with E-state index in [1.165, 1.54) is 37.7 Å². The molecule has 2 fully saturated rings. The second kappa shape index (κ2) is 9.25. The molecule has 0 aromatic heterocycles. The zero-order chi connectivity index (χ0) is 19.2. The molecule has 2 amide bonds. The first-order valence-electron chi connectivity index (χ1n) is 10.3. The minimum Gasteiger partial charge on any atom is -0.496 e. The minimum atomic E-state index is -0.0708. The van der Waals surface area contributed by atoms with E-state index in [4.69, 9.17) is 4.74 Å². The molecule has 27 heavy (non-hydrogen) atoms. The van der Waals surface area contributed by atoms with Crippen molar-refractivity contribution in [2.75, 3.05) is 13.7 Å². The van der Waals surface area contributed by atoms with Crippen molar-refractivity contribution in [2.24, 2.45) is 5.92 Å². The summed E-state index contributed by atoms with van der Waals surface area (Å²) in [6.07, 6.45) is 8.52. The minimum absolute atomic E-state index is 0.0424. The van der Waals surface area contributed by atoms with Crippen LogP contribution in [0.25, 0.3) is 0 Å². The van der Waals surface area contributed by atoms with E-state index in [0.29, 0.717) is 12.3 Å². The molecule has 5 heteroatoms. The van der Waals surface area contributed by atoms with Gasteiger partial charge in [-0.3, -0.25) is 9.59 Å². The molecule has 1 aromatic carbocycles. The average molecular weight is 373 g/mol. The SMILES string of the molecule is COc1ccc(C(CC(=O)NCC(=O)NC2CCCCC2)C2CC2)cc1C. The maximum atomic E-state index is 12.4. The normalized spacial score (nSPS) is 18.6. The Balaban J connectivity index is 1.50. The summed E-state index contributed by atoms with van der Waals surface area (Å²) in [6.45, 7) is 2.11. The van der Waals surface area contributed by atoms with Gasteiger partial charge in [0.2, 0.25) is 11.8 Å². The lowest BCUT2D eigenvalue weighted by molar-refractivity contribution is -0.126. The van der Waals surface area contributed by atoms with Gasteiger partial charge in [0, 0.05) is 12.5 Å². The number of nitrogens with one attached hydrogen (secondary N) is 2. The zero-order valence-electron chi connectivity index (χ0n) is 16.6. The average Bonchev–Trinajstić information content (AvgIpc) is 3.50. The van der Waals surface area contributed by atoms with Crippen LogP contribution in [0.4, 0.5) is 0 Å². The number of carbonyl (C=O) groups excluding carboxylic acids is 2. The van der Waals surface area contributed by atoms with Gasteiger partial charge in [0.15, 0.2) is 0 Å². The topological polar surface area (TPSA) is 67.4 Å². The Kier molecular flexibility index (Phi) is 6.75. The lowest BCUT2D eigenvalue weighted by atomic mass is 9.89. The molecular weight excluding hydrogens is 340 g/mol. The number of carbonyl (C=O) groups is 2. The molecule has 2 aliphatic rings. The number of aryl methyl sites for hydroxylation is 1. The molecule has 0 aliphatic heterocycles. The highest BCUT2D eigenvalue weighted by atomic mass is 16.5. The smallest absolute Gasteiger partial charge is 0.239 e. The van der Waals surface area contributed by atoms with Gasteiger partial charge >= 0.3 is 0 Å². The quantitative estimate of drug-likeness (QED) is 0.734. The summed E-state index contributed by atoms with van der Waals surface area (Å²) in [5, 5.41) is 5.86. The molecular formula is C22H32N2O3. The van der Waals surface area contributed by atoms with Crippen LogP contribution < -0.4 is 15.4 Å². The first-order valence-corrected chi connectivity index (χ1v) is 10.3. The van der Waals surface area contributed by atoms with Crippen molar-refractivity contribution in [3.8, 4) is 5.75 Å². The summed E-state index contributed by atoms with van der Waals surface area (Å²) in [4.78, 5) is 24.5. The summed E-state index contributed by atoms with van der Waals surface area (Å²) >= 11 is 0. The first-order chi connectivity index (χ1) is 13.1. The third-order valence-electron chi connectivity index (χ3n) is 5.86. The van der Waals surface area contributed by atoms with E-state index < -0.39 is 0 Å². The van der Waals surface area contributed by atoms with Crippen LogP contribution >= 0.6 is 0 Å². The van der Waals surface area contributed by atoms with Crippen LogP contribution in [-0.2, 0) is 9.59 Å². The molecule has 5 nitrogen and oxygen atoms in total. The van der Waals surface area contributed by atoms with E-state index in [1.807, 2.05) is 13.0 Å². The zero-order valence-corrected chi connectivity index (χ0v) is 16.6. The molecule has 0 radical (unpaired) electrons. The Bertz CT molecular complexity index is 664. The van der Waals surface area contributed by atoms with E-state index in [1.54, 1.807) is 7.11 Å². The standard InChI is InChI=1S/C22H32N2O3/c1-15-12-17(10-11-20(15)27-2)19(16-8-9-16)13-21(25)23-14-22(26)24-18-6-4-3-5-7-18/h10-12,16,18-19H,3-9,13-14H2,1-2H3,(H,23,25)(H,24,26). The number of rotatable bonds is 8. The van der Waals surface area contributed by atoms with Crippen LogP contribution in [0.5, 0.6) is 5.75 Å². The predicted molar refractivity (Wildman–Crippen MR) is 106 cm³/mol. The predicted octanol–water partition coefficient (Wildman–Crippen LogP) is 3.45. The van der Waals surface area contributed by atoms with E-state index in [9.17, 15) is 9.59 Å². The van der Waals surface area contributed by atoms with Gasteiger partial charge in [-0.2, -0.15) is 0 Å². The Morgan fingerprint density at radius 1 is 1.11 bits per heavy atom. The van der Waals surface area contributed by atoms with Crippen molar-refractivity contribution in [3.05, 3.63) is 29.3 Å². The molecule has 0 bridgehead atoms. The van der Waals surface area contributed by atoms with Crippen molar-refractivity contribution in [3.63, 3.8) is 0 Å². The fraction of sp³-hybridized carbons (Fsp3) is 0.636. The third-order valence-corrected chi connectivity index (χ3v) is 5.86. The number of amides is 2. The van der Waals surface area contributed by atoms with Gasteiger partial charge in [0.25, 0.3) is 0 Å². The number of methoxy groups -OCH3 is 1. The lowest BCUT2D eigenvalue weighted by Gasteiger charge is -2.23. The monoisotopic (exact) mass is 372 g/mol. The molecule has 1 aromatic rings. The molecule has 2 aliphatic carbocycles. The summed E-state index contributed by atoms with van der Waals surface area (Å²) in [6, 6.07) is 6.46. The number of hydrogen-bond acceptors (Lipinski definition) is 3. The van der Waals surface area contributed by atoms with Gasteiger partial charge in [-0.1, -0.05) is 31.4 Å². The molecule has 0 saturated heterocycles. The fourth-order valence-corrected chi connectivity index (χ4v) is 4.16. The van der Waals surface area contributed by atoms with Gasteiger partial charge in [0.05, 0.1) is 13.7 Å². The fourth-order valence-electron chi connectivity index (χ4n) is 4.16. The van der Waals surface area contributed by atoms with Crippen LogP contribution in [0.1, 0.15) is 68.4 Å². The van der Waals surface area contributed by atoms with Gasteiger partial charge in [0.1, 0.15) is 5.75 Å². The number of benzene rings is 1. The Morgan fingerprint density at radius 3 is 2.48 bits per heavy atom. The van der Waals surface area contributed by atoms with Crippen molar-refractivity contribution in [1.29, 1.82) is 0 Å². The number of ether oxygens (including phenoxy) is 1. The molecule has 2 saturated carbocycles. The maximum absolute atomic E-state index is 12.4. The molecule has 0 heterocycles. The van der Waals surface area contributed by atoms with Crippen molar-refractivity contribution < 1.29 is 14.3 Å². The van der Waals surface area contributed by atoms with Gasteiger partial charge in [-0.15, -0.1) is 0 Å². The van der Waals surface area contributed by atoms with Crippen LogP contribution in [-0.4, -0.2) is 31.5 Å². The number of hydrogen-bond donors (Lipinski definition) is 2. The largest absolute Gasteiger partial charge is 0.496 e. The molecule has 0 spiro atoms. The van der Waals surface area contributed by atoms with Crippen LogP contribution in [0.3, 0.4) is 0 Å². The second-order valence-corrected chi connectivity index (χ2v) is 8.06. The van der Waals surface area contributed by atoms with Gasteiger partial charge < -0.3 is 15.4 Å². The Labute approximate surface area is 162 Å². The van der Waals surface area contributed by atoms with E-state index >= 15 is 0 Å². The van der Waals surface area contributed by atoms with Crippen molar-refractivity contribution in [2.45, 2.75) is 70.3 Å². The van der Waals surface area contributed by atoms with E-state index in [2.05, 4.69) is 22.8 Å². The van der Waals surface area contributed by atoms with E-state index in [-0.39, 0.29) is 30.3 Å². The third kappa shape index (κ3) is 5.72. The van der Waals surface area contributed by atoms with E-state index in [0.717, 1.165) is 24.2 Å². The molecule has 1 unspecified atom stereocenters. The molecule has 3 rings (SSSR count). The summed E-state index contributed by atoms with van der Waals surface area (Å²) in [5.74, 6) is 1.55.